The zero-order valence-corrected chi connectivity index (χ0v) is 15.9. The van der Waals surface area contributed by atoms with Crippen LogP contribution in [0, 0.1) is 6.92 Å². The van der Waals surface area contributed by atoms with Gasteiger partial charge in [-0.1, -0.05) is 30.3 Å². The summed E-state index contributed by atoms with van der Waals surface area (Å²) in [6.07, 6.45) is 0. The second-order valence-electron chi connectivity index (χ2n) is 6.57. The van der Waals surface area contributed by atoms with Gasteiger partial charge < -0.3 is 9.73 Å². The first-order valence-corrected chi connectivity index (χ1v) is 9.76. The number of aromatic nitrogens is 1. The summed E-state index contributed by atoms with van der Waals surface area (Å²) in [5.74, 6) is 0.0953. The standard InChI is InChI=1S/C23H16N2O2S/c1-14-17-6-2-4-8-19(17)27-21(14)22(26)24-16-12-10-15(11-13-16)23-25-18-7-3-5-9-20(18)28-23/h2-13H,1H3,(H,24,26). The number of nitrogens with one attached hydrogen (secondary N) is 1. The molecule has 1 amide bonds. The summed E-state index contributed by atoms with van der Waals surface area (Å²) in [5.41, 5.74) is 4.31. The van der Waals surface area contributed by atoms with Gasteiger partial charge in [-0.05, 0) is 49.4 Å². The van der Waals surface area contributed by atoms with Gasteiger partial charge in [0.25, 0.3) is 5.91 Å². The van der Waals surface area contributed by atoms with Crippen LogP contribution in [0.1, 0.15) is 16.1 Å². The molecule has 136 valence electrons. The van der Waals surface area contributed by atoms with E-state index in [2.05, 4.69) is 16.4 Å². The van der Waals surface area contributed by atoms with Crippen molar-refractivity contribution in [2.24, 2.45) is 0 Å². The van der Waals surface area contributed by atoms with Crippen LogP contribution in [-0.2, 0) is 0 Å². The average Bonchev–Trinajstić information content (AvgIpc) is 3.30. The molecule has 5 heteroatoms. The molecule has 0 aliphatic heterocycles. The maximum atomic E-state index is 12.7. The van der Waals surface area contributed by atoms with Crippen molar-refractivity contribution in [2.75, 3.05) is 5.32 Å². The maximum absolute atomic E-state index is 12.7. The third-order valence-electron chi connectivity index (χ3n) is 4.73. The Bertz CT molecular complexity index is 1280. The molecule has 0 bridgehead atoms. The Morgan fingerprint density at radius 2 is 1.71 bits per heavy atom. The van der Waals surface area contributed by atoms with Crippen LogP contribution in [0.4, 0.5) is 5.69 Å². The molecule has 4 nitrogen and oxygen atoms in total. The molecule has 0 spiro atoms. The molecule has 28 heavy (non-hydrogen) atoms. The van der Waals surface area contributed by atoms with Crippen molar-refractivity contribution < 1.29 is 9.21 Å². The minimum Gasteiger partial charge on any atom is -0.451 e. The van der Waals surface area contributed by atoms with Crippen molar-refractivity contribution in [3.63, 3.8) is 0 Å². The molecule has 0 atom stereocenters. The number of rotatable bonds is 3. The molecule has 2 heterocycles. The Balaban J connectivity index is 1.39. The van der Waals surface area contributed by atoms with E-state index in [-0.39, 0.29) is 5.91 Å². The number of amides is 1. The summed E-state index contributed by atoms with van der Waals surface area (Å²) in [6, 6.07) is 23.5. The largest absolute Gasteiger partial charge is 0.451 e. The van der Waals surface area contributed by atoms with Crippen LogP contribution < -0.4 is 5.32 Å². The van der Waals surface area contributed by atoms with Crippen molar-refractivity contribution in [2.45, 2.75) is 6.92 Å². The fraction of sp³-hybridized carbons (Fsp3) is 0.0435. The smallest absolute Gasteiger partial charge is 0.291 e. The summed E-state index contributed by atoms with van der Waals surface area (Å²) >= 11 is 1.66. The van der Waals surface area contributed by atoms with E-state index in [0.29, 0.717) is 5.76 Å². The Morgan fingerprint density at radius 3 is 2.50 bits per heavy atom. The number of hydrogen-bond donors (Lipinski definition) is 1. The zero-order valence-electron chi connectivity index (χ0n) is 15.1. The van der Waals surface area contributed by atoms with E-state index in [1.165, 1.54) is 0 Å². The third kappa shape index (κ3) is 2.86. The molecule has 0 saturated carbocycles. The topological polar surface area (TPSA) is 55.1 Å². The van der Waals surface area contributed by atoms with Gasteiger partial charge >= 0.3 is 0 Å². The molecule has 2 aromatic heterocycles. The third-order valence-corrected chi connectivity index (χ3v) is 5.82. The number of anilines is 1. The Hall–Kier alpha value is -3.44. The Morgan fingerprint density at radius 1 is 0.964 bits per heavy atom. The molecule has 3 aromatic carbocycles. The summed E-state index contributed by atoms with van der Waals surface area (Å²) in [7, 11) is 0. The van der Waals surface area contributed by atoms with Gasteiger partial charge in [0.05, 0.1) is 10.2 Å². The predicted octanol–water partition coefficient (Wildman–Crippen LogP) is 6.27. The summed E-state index contributed by atoms with van der Waals surface area (Å²) < 4.78 is 6.90. The van der Waals surface area contributed by atoms with Crippen molar-refractivity contribution in [3.8, 4) is 10.6 Å². The van der Waals surface area contributed by atoms with E-state index < -0.39 is 0 Å². The SMILES string of the molecule is Cc1c(C(=O)Nc2ccc(-c3nc4ccccc4s3)cc2)oc2ccccc12. The number of carbonyl (C=O) groups is 1. The van der Waals surface area contributed by atoms with E-state index in [9.17, 15) is 4.79 Å². The molecule has 0 radical (unpaired) electrons. The molecule has 5 rings (SSSR count). The normalized spacial score (nSPS) is 11.2. The van der Waals surface area contributed by atoms with Gasteiger partial charge in [-0.2, -0.15) is 0 Å². The van der Waals surface area contributed by atoms with Crippen LogP contribution in [0.2, 0.25) is 0 Å². The lowest BCUT2D eigenvalue weighted by atomic mass is 10.1. The number of nitrogens with zero attached hydrogens (tertiary/aromatic N) is 1. The zero-order chi connectivity index (χ0) is 19.1. The number of benzene rings is 3. The van der Waals surface area contributed by atoms with Gasteiger partial charge in [-0.25, -0.2) is 4.98 Å². The maximum Gasteiger partial charge on any atom is 0.291 e. The van der Waals surface area contributed by atoms with Gasteiger partial charge in [-0.3, -0.25) is 4.79 Å². The highest BCUT2D eigenvalue weighted by atomic mass is 32.1. The van der Waals surface area contributed by atoms with E-state index in [4.69, 9.17) is 4.42 Å². The van der Waals surface area contributed by atoms with Crippen molar-refractivity contribution in [3.05, 3.63) is 84.1 Å². The minimum absolute atomic E-state index is 0.249. The highest BCUT2D eigenvalue weighted by Gasteiger charge is 2.17. The molecule has 0 aliphatic rings. The fourth-order valence-electron chi connectivity index (χ4n) is 3.27. The monoisotopic (exact) mass is 384 g/mol. The average molecular weight is 384 g/mol. The molecule has 0 fully saturated rings. The molecule has 0 saturated heterocycles. The molecule has 0 aliphatic carbocycles. The van der Waals surface area contributed by atoms with Crippen LogP contribution >= 0.6 is 11.3 Å². The number of fused-ring (bicyclic) bond motifs is 2. The van der Waals surface area contributed by atoms with Gasteiger partial charge in [0, 0.05) is 22.2 Å². The van der Waals surface area contributed by atoms with E-state index in [1.807, 2.05) is 73.7 Å². The van der Waals surface area contributed by atoms with Crippen LogP contribution in [0.3, 0.4) is 0 Å². The van der Waals surface area contributed by atoms with Gasteiger partial charge in [-0.15, -0.1) is 11.3 Å². The number of hydrogen-bond acceptors (Lipinski definition) is 4. The second-order valence-corrected chi connectivity index (χ2v) is 7.60. The van der Waals surface area contributed by atoms with Crippen LogP contribution in [-0.4, -0.2) is 10.9 Å². The lowest BCUT2D eigenvalue weighted by Gasteiger charge is -2.05. The number of aryl methyl sites for hydroxylation is 1. The number of para-hydroxylation sites is 2. The molecule has 5 aromatic rings. The number of furan rings is 1. The fourth-order valence-corrected chi connectivity index (χ4v) is 4.24. The van der Waals surface area contributed by atoms with Gasteiger partial charge in [0.1, 0.15) is 10.6 Å². The predicted molar refractivity (Wildman–Crippen MR) is 114 cm³/mol. The lowest BCUT2D eigenvalue weighted by molar-refractivity contribution is 0.0998. The van der Waals surface area contributed by atoms with Crippen LogP contribution in [0.5, 0.6) is 0 Å². The molecular weight excluding hydrogens is 368 g/mol. The Kier molecular flexibility index (Phi) is 3.95. The first kappa shape index (κ1) is 16.7. The summed E-state index contributed by atoms with van der Waals surface area (Å²) in [4.78, 5) is 17.3. The highest BCUT2D eigenvalue weighted by Crippen LogP contribution is 2.31. The lowest BCUT2D eigenvalue weighted by Crippen LogP contribution is -2.11. The Labute approximate surface area is 165 Å². The van der Waals surface area contributed by atoms with Crippen LogP contribution in [0.25, 0.3) is 31.8 Å². The molecular formula is C23H16N2O2S. The molecule has 0 unspecified atom stereocenters. The van der Waals surface area contributed by atoms with Crippen molar-refractivity contribution in [1.29, 1.82) is 0 Å². The first-order chi connectivity index (χ1) is 13.7. The van der Waals surface area contributed by atoms with Crippen molar-refractivity contribution in [1.82, 2.24) is 4.98 Å². The van der Waals surface area contributed by atoms with Crippen LogP contribution in [0.15, 0.2) is 77.2 Å². The summed E-state index contributed by atoms with van der Waals surface area (Å²) in [5, 5.41) is 4.84. The summed E-state index contributed by atoms with van der Waals surface area (Å²) in [6.45, 7) is 1.90. The van der Waals surface area contributed by atoms with Crippen molar-refractivity contribution >= 4 is 44.1 Å². The van der Waals surface area contributed by atoms with E-state index >= 15 is 0 Å². The van der Waals surface area contributed by atoms with Gasteiger partial charge in [0.15, 0.2) is 5.76 Å². The minimum atomic E-state index is -0.249. The number of thiazole rings is 1. The second kappa shape index (κ2) is 6.62. The molecule has 1 N–H and O–H groups in total. The quantitative estimate of drug-likeness (QED) is 0.399. The van der Waals surface area contributed by atoms with E-state index in [0.717, 1.165) is 43.0 Å². The first-order valence-electron chi connectivity index (χ1n) is 8.94. The number of carbonyl (C=O) groups excluding carboxylic acids is 1. The highest BCUT2D eigenvalue weighted by molar-refractivity contribution is 7.21. The van der Waals surface area contributed by atoms with Gasteiger partial charge in [0.2, 0.25) is 0 Å². The van der Waals surface area contributed by atoms with E-state index in [1.54, 1.807) is 11.3 Å².